The van der Waals surface area contributed by atoms with Gasteiger partial charge in [0.25, 0.3) is 0 Å². The third-order valence-electron chi connectivity index (χ3n) is 0. The van der Waals surface area contributed by atoms with Crippen molar-refractivity contribution in [3.8, 4) is 0 Å². The fourth-order valence-electron chi connectivity index (χ4n) is 0. The summed E-state index contributed by atoms with van der Waals surface area (Å²) in [5.74, 6) is 0. The van der Waals surface area contributed by atoms with Crippen LogP contribution < -0.4 is 0 Å². The molecule has 0 amide bonds. The van der Waals surface area contributed by atoms with Gasteiger partial charge in [0, 0.05) is 0 Å². The quantitative estimate of drug-likeness (QED) is 0.478. The first-order valence-electron chi connectivity index (χ1n) is 0.494. The number of hydrogen-bond donors (Lipinski definition) is 1. The van der Waals surface area contributed by atoms with Crippen molar-refractivity contribution in [3.05, 3.63) is 0 Å². The van der Waals surface area contributed by atoms with Crippen LogP contribution in [0.5, 0.6) is 0 Å². The van der Waals surface area contributed by atoms with Crippen molar-refractivity contribution in [2.75, 3.05) is 0 Å². The molecule has 0 aromatic rings. The molecule has 0 heterocycles. The summed E-state index contributed by atoms with van der Waals surface area (Å²) >= 11 is 0. The molecule has 0 aliphatic carbocycles. The Balaban J connectivity index is -0.00000000667. The Morgan fingerprint density at radius 1 is 2.00 bits per heavy atom. The fraction of sp³-hybridized carbons (Fsp3) is 0. The van der Waals surface area contributed by atoms with Crippen LogP contribution in [0.25, 0.3) is 0 Å². The zero-order valence-electron chi connectivity index (χ0n) is 4.14. The van der Waals surface area contributed by atoms with Crippen LogP contribution >= 0.6 is 0 Å². The standard InChI is InChI=1S/BHO2.Ba.2H/c2-1-3;;;/h2H;;;/q;+2;2*-1. The van der Waals surface area contributed by atoms with Crippen LogP contribution in [-0.2, 0) is 4.70 Å². The molecule has 0 fully saturated rings. The Morgan fingerprint density at radius 3 is 2.00 bits per heavy atom. The third kappa shape index (κ3) is 10.6. The minimum atomic E-state index is -0.250. The molecule has 2 nitrogen and oxygen atoms in total. The summed E-state index contributed by atoms with van der Waals surface area (Å²) < 4.78 is 8.36. The molecule has 20 valence electrons. The molecular weight excluding hydrogens is 180 g/mol. The molecule has 1 N–H and O–H groups in total. The third-order valence-corrected chi connectivity index (χ3v) is 0. The van der Waals surface area contributed by atoms with Gasteiger partial charge in [-0.3, -0.25) is 0 Å². The molecule has 0 radical (unpaired) electrons. The predicted molar refractivity (Wildman–Crippen MR) is 16.6 cm³/mol. The maximum absolute atomic E-state index is 8.36. The summed E-state index contributed by atoms with van der Waals surface area (Å²) in [7, 11) is -0.250. The first kappa shape index (κ1) is 8.97. The van der Waals surface area contributed by atoms with Crippen LogP contribution in [0.2, 0.25) is 0 Å². The Labute approximate surface area is 67.9 Å². The molecular formula is H3BBaO2. The van der Waals surface area contributed by atoms with Crippen LogP contribution in [0.3, 0.4) is 0 Å². The van der Waals surface area contributed by atoms with Gasteiger partial charge in [0.15, 0.2) is 0 Å². The van der Waals surface area contributed by atoms with Gasteiger partial charge < -0.3 is 2.85 Å². The second-order valence-electron chi connectivity index (χ2n) is 0.105. The van der Waals surface area contributed by atoms with Crippen molar-refractivity contribution in [3.63, 3.8) is 0 Å². The van der Waals surface area contributed by atoms with Gasteiger partial charge in [-0.05, 0) is 0 Å². The molecule has 0 atom stereocenters. The van der Waals surface area contributed by atoms with E-state index >= 15 is 0 Å². The zero-order chi connectivity index (χ0) is 2.71. The van der Waals surface area contributed by atoms with E-state index in [1.165, 1.54) is 0 Å². The number of rotatable bonds is 0. The van der Waals surface area contributed by atoms with Gasteiger partial charge in [0.05, 0.1) is 0 Å². The van der Waals surface area contributed by atoms with E-state index in [0.29, 0.717) is 0 Å². The van der Waals surface area contributed by atoms with Gasteiger partial charge >= 0.3 is 66.0 Å². The average molecular weight is 183 g/mol. The Hall–Kier alpha value is 1.24. The van der Waals surface area contributed by atoms with Crippen LogP contribution in [0.4, 0.5) is 0 Å². The maximum atomic E-state index is 8.36. The molecule has 0 aromatic carbocycles. The van der Waals surface area contributed by atoms with Gasteiger partial charge in [-0.15, -0.1) is 0 Å². The van der Waals surface area contributed by atoms with Crippen LogP contribution in [-0.4, -0.2) is 61.3 Å². The van der Waals surface area contributed by atoms with E-state index in [-0.39, 0.29) is 59.1 Å². The van der Waals surface area contributed by atoms with E-state index in [1.807, 2.05) is 0 Å². The predicted octanol–water partition coefficient (Wildman–Crippen LogP) is -1.21. The van der Waals surface area contributed by atoms with Crippen molar-refractivity contribution in [1.82, 2.24) is 0 Å². The summed E-state index contributed by atoms with van der Waals surface area (Å²) in [6.07, 6.45) is 0. The molecule has 0 unspecified atom stereocenters. The van der Waals surface area contributed by atoms with Gasteiger partial charge in [-0.1, -0.05) is 0 Å². The summed E-state index contributed by atoms with van der Waals surface area (Å²) in [6.45, 7) is 0. The SMILES string of the molecule is O=BO.[Ba+2].[H-].[H-]. The molecule has 4 heavy (non-hydrogen) atoms. The average Bonchev–Trinajstić information content (AvgIpc) is 0.918. The maximum Gasteiger partial charge on any atom is 2.00 e. The second kappa shape index (κ2) is 8.87. The van der Waals surface area contributed by atoms with E-state index in [0.717, 1.165) is 0 Å². The molecule has 0 aliphatic heterocycles. The number of hydrogen-bond acceptors (Lipinski definition) is 1. The molecule has 0 aliphatic rings. The molecule has 0 saturated carbocycles. The second-order valence-corrected chi connectivity index (χ2v) is 0.105. The largest absolute Gasteiger partial charge is 2.00 e. The van der Waals surface area contributed by atoms with Crippen LogP contribution in [0, 0.1) is 0 Å². The Kier molecular flexibility index (Phi) is 19.9. The molecule has 0 rings (SSSR count). The fourth-order valence-corrected chi connectivity index (χ4v) is 0. The van der Waals surface area contributed by atoms with E-state index < -0.39 is 0 Å². The van der Waals surface area contributed by atoms with E-state index in [4.69, 9.17) is 9.73 Å². The summed E-state index contributed by atoms with van der Waals surface area (Å²) in [6, 6.07) is 0. The Morgan fingerprint density at radius 2 is 2.00 bits per heavy atom. The first-order valence-corrected chi connectivity index (χ1v) is 0.494. The normalized spacial score (nSPS) is 2.00. The molecule has 0 spiro atoms. The van der Waals surface area contributed by atoms with Crippen LogP contribution in [0.1, 0.15) is 2.85 Å². The minimum Gasteiger partial charge on any atom is -1.00 e. The van der Waals surface area contributed by atoms with Crippen molar-refractivity contribution in [2.45, 2.75) is 0 Å². The van der Waals surface area contributed by atoms with Crippen LogP contribution in [0.15, 0.2) is 0 Å². The van der Waals surface area contributed by atoms with Crippen molar-refractivity contribution >= 4 is 56.2 Å². The van der Waals surface area contributed by atoms with Gasteiger partial charge in [-0.2, -0.15) is 0 Å². The Bertz CT molecular complexity index is 19.0. The zero-order valence-corrected chi connectivity index (χ0v) is 6.58. The molecule has 0 saturated heterocycles. The summed E-state index contributed by atoms with van der Waals surface area (Å²) in [5, 5.41) is 6.89. The topological polar surface area (TPSA) is 37.3 Å². The van der Waals surface area contributed by atoms with Crippen molar-refractivity contribution < 1.29 is 12.6 Å². The summed E-state index contributed by atoms with van der Waals surface area (Å²) in [5.41, 5.74) is 0. The monoisotopic (exact) mass is 184 g/mol. The van der Waals surface area contributed by atoms with Crippen molar-refractivity contribution in [1.29, 1.82) is 0 Å². The van der Waals surface area contributed by atoms with Gasteiger partial charge in [0.1, 0.15) is 0 Å². The van der Waals surface area contributed by atoms with Gasteiger partial charge in [-0.25, -0.2) is 0 Å². The first-order chi connectivity index (χ1) is 1.41. The van der Waals surface area contributed by atoms with E-state index in [2.05, 4.69) is 0 Å². The van der Waals surface area contributed by atoms with Crippen molar-refractivity contribution in [2.24, 2.45) is 0 Å². The van der Waals surface area contributed by atoms with E-state index in [9.17, 15) is 0 Å². The summed E-state index contributed by atoms with van der Waals surface area (Å²) in [4.78, 5) is 0. The smallest absolute Gasteiger partial charge is 1.00 e. The minimum absolute atomic E-state index is 0. The molecule has 4 heteroatoms. The van der Waals surface area contributed by atoms with E-state index in [1.54, 1.807) is 0 Å². The molecule has 0 aromatic heterocycles. The van der Waals surface area contributed by atoms with Gasteiger partial charge in [0.2, 0.25) is 0 Å². The molecule has 0 bridgehead atoms.